The van der Waals surface area contributed by atoms with Crippen LogP contribution in [0.25, 0.3) is 5.69 Å². The lowest BCUT2D eigenvalue weighted by Gasteiger charge is -2.10. The van der Waals surface area contributed by atoms with Crippen LogP contribution in [0.2, 0.25) is 0 Å². The van der Waals surface area contributed by atoms with Crippen molar-refractivity contribution in [2.45, 2.75) is 32.6 Å². The van der Waals surface area contributed by atoms with Crippen LogP contribution in [0.1, 0.15) is 23.9 Å². The van der Waals surface area contributed by atoms with E-state index in [9.17, 15) is 8.42 Å². The molecule has 0 saturated heterocycles. The van der Waals surface area contributed by atoms with E-state index in [1.54, 1.807) is 42.8 Å². The van der Waals surface area contributed by atoms with E-state index < -0.39 is 10.0 Å². The number of anilines is 1. The summed E-state index contributed by atoms with van der Waals surface area (Å²) in [5.41, 5.74) is 3.44. The van der Waals surface area contributed by atoms with Gasteiger partial charge in [0.15, 0.2) is 0 Å². The molecule has 3 rings (SSSR count). The van der Waals surface area contributed by atoms with Crippen molar-refractivity contribution in [3.8, 4) is 11.4 Å². The number of aryl methyl sites for hydroxylation is 2. The Kier molecular flexibility index (Phi) is 5.23. The van der Waals surface area contributed by atoms with Crippen molar-refractivity contribution in [2.75, 3.05) is 11.3 Å². The summed E-state index contributed by atoms with van der Waals surface area (Å²) in [5.74, 6) is 0.694. The fourth-order valence-electron chi connectivity index (χ4n) is 2.95. The van der Waals surface area contributed by atoms with E-state index in [-0.39, 0.29) is 4.90 Å². The van der Waals surface area contributed by atoms with Crippen molar-refractivity contribution in [1.29, 1.82) is 0 Å². The summed E-state index contributed by atoms with van der Waals surface area (Å²) >= 11 is 0. The van der Waals surface area contributed by atoms with Crippen molar-refractivity contribution in [3.05, 3.63) is 65.5 Å². The molecule has 0 aliphatic carbocycles. The van der Waals surface area contributed by atoms with Gasteiger partial charge < -0.3 is 4.74 Å². The minimum atomic E-state index is -3.77. The Hall–Kier alpha value is -2.80. The van der Waals surface area contributed by atoms with Gasteiger partial charge in [0.25, 0.3) is 10.0 Å². The van der Waals surface area contributed by atoms with Gasteiger partial charge >= 0.3 is 0 Å². The van der Waals surface area contributed by atoms with E-state index in [0.29, 0.717) is 29.4 Å². The summed E-state index contributed by atoms with van der Waals surface area (Å²) in [6.07, 6.45) is 0. The van der Waals surface area contributed by atoms with Crippen LogP contribution < -0.4 is 9.46 Å². The average Bonchev–Trinajstić information content (AvgIpc) is 2.92. The molecule has 142 valence electrons. The molecule has 0 bridgehead atoms. The minimum Gasteiger partial charge on any atom is -0.494 e. The number of nitrogens with one attached hydrogen (secondary N) is 1. The molecule has 0 amide bonds. The maximum absolute atomic E-state index is 13.0. The third kappa shape index (κ3) is 3.98. The molecule has 1 aromatic heterocycles. The van der Waals surface area contributed by atoms with Gasteiger partial charge in [0.05, 0.1) is 23.7 Å². The normalized spacial score (nSPS) is 11.4. The Morgan fingerprint density at radius 1 is 1.00 bits per heavy atom. The lowest BCUT2D eigenvalue weighted by atomic mass is 10.2. The van der Waals surface area contributed by atoms with E-state index in [1.165, 1.54) is 0 Å². The maximum Gasteiger partial charge on any atom is 0.265 e. The molecule has 0 aliphatic heterocycles. The highest BCUT2D eigenvalue weighted by Crippen LogP contribution is 2.26. The lowest BCUT2D eigenvalue weighted by molar-refractivity contribution is 0.340. The largest absolute Gasteiger partial charge is 0.494 e. The first kappa shape index (κ1) is 19.0. The first-order valence-electron chi connectivity index (χ1n) is 8.71. The second kappa shape index (κ2) is 7.44. The summed E-state index contributed by atoms with van der Waals surface area (Å²) in [5, 5.41) is 4.43. The highest BCUT2D eigenvalue weighted by molar-refractivity contribution is 7.92. The summed E-state index contributed by atoms with van der Waals surface area (Å²) in [4.78, 5) is 0.192. The van der Waals surface area contributed by atoms with E-state index in [0.717, 1.165) is 11.3 Å². The van der Waals surface area contributed by atoms with Gasteiger partial charge in [-0.3, -0.25) is 4.72 Å². The Morgan fingerprint density at radius 2 is 1.63 bits per heavy atom. The molecule has 0 saturated carbocycles. The van der Waals surface area contributed by atoms with Gasteiger partial charge in [-0.25, -0.2) is 13.1 Å². The summed E-state index contributed by atoms with van der Waals surface area (Å²) in [7, 11) is -3.77. The lowest BCUT2D eigenvalue weighted by Crippen LogP contribution is -2.15. The number of ether oxygens (including phenoxy) is 1. The Balaban J connectivity index is 1.93. The van der Waals surface area contributed by atoms with E-state index >= 15 is 0 Å². The molecule has 6 nitrogen and oxygen atoms in total. The van der Waals surface area contributed by atoms with Crippen molar-refractivity contribution >= 4 is 15.7 Å². The number of rotatable bonds is 6. The zero-order chi connectivity index (χ0) is 19.6. The minimum absolute atomic E-state index is 0.192. The van der Waals surface area contributed by atoms with Gasteiger partial charge in [0, 0.05) is 5.69 Å². The van der Waals surface area contributed by atoms with Crippen LogP contribution in [0.5, 0.6) is 5.75 Å². The third-order valence-electron chi connectivity index (χ3n) is 4.19. The second-order valence-corrected chi connectivity index (χ2v) is 7.93. The quantitative estimate of drug-likeness (QED) is 0.696. The van der Waals surface area contributed by atoms with Crippen molar-refractivity contribution < 1.29 is 13.2 Å². The number of hydrogen-bond donors (Lipinski definition) is 1. The zero-order valence-corrected chi connectivity index (χ0v) is 16.7. The molecule has 0 atom stereocenters. The van der Waals surface area contributed by atoms with Crippen molar-refractivity contribution in [3.63, 3.8) is 0 Å². The molecule has 1 N–H and O–H groups in total. The fraction of sp³-hybridized carbons (Fsp3) is 0.250. The Labute approximate surface area is 159 Å². The van der Waals surface area contributed by atoms with Gasteiger partial charge in [-0.15, -0.1) is 0 Å². The zero-order valence-electron chi connectivity index (χ0n) is 15.9. The number of benzene rings is 2. The van der Waals surface area contributed by atoms with Gasteiger partial charge in [0.1, 0.15) is 10.6 Å². The highest BCUT2D eigenvalue weighted by Gasteiger charge is 2.25. The summed E-state index contributed by atoms with van der Waals surface area (Å²) < 4.78 is 35.6. The van der Waals surface area contributed by atoms with E-state index in [1.807, 2.05) is 38.1 Å². The number of sulfonamides is 1. The molecule has 0 radical (unpaired) electrons. The van der Waals surface area contributed by atoms with Crippen LogP contribution in [-0.2, 0) is 10.0 Å². The van der Waals surface area contributed by atoms with Crippen LogP contribution in [0.3, 0.4) is 0 Å². The van der Waals surface area contributed by atoms with Gasteiger partial charge in [-0.05, 0) is 64.1 Å². The maximum atomic E-state index is 13.0. The molecule has 0 fully saturated rings. The van der Waals surface area contributed by atoms with Gasteiger partial charge in [-0.2, -0.15) is 5.10 Å². The van der Waals surface area contributed by atoms with Crippen molar-refractivity contribution in [1.82, 2.24) is 9.78 Å². The van der Waals surface area contributed by atoms with Crippen LogP contribution in [-0.4, -0.2) is 24.8 Å². The highest BCUT2D eigenvalue weighted by atomic mass is 32.2. The first-order chi connectivity index (χ1) is 12.8. The molecule has 2 aromatic carbocycles. The van der Waals surface area contributed by atoms with Crippen molar-refractivity contribution in [2.24, 2.45) is 0 Å². The van der Waals surface area contributed by atoms with Crippen LogP contribution in [0.4, 0.5) is 5.69 Å². The summed E-state index contributed by atoms with van der Waals surface area (Å²) in [6.45, 7) is 7.91. The van der Waals surface area contributed by atoms with Gasteiger partial charge in [0.2, 0.25) is 0 Å². The predicted molar refractivity (Wildman–Crippen MR) is 106 cm³/mol. The van der Waals surface area contributed by atoms with E-state index in [4.69, 9.17) is 4.74 Å². The third-order valence-corrected chi connectivity index (χ3v) is 5.82. The van der Waals surface area contributed by atoms with Gasteiger partial charge in [-0.1, -0.05) is 17.7 Å². The topological polar surface area (TPSA) is 73.2 Å². The van der Waals surface area contributed by atoms with Crippen LogP contribution in [0.15, 0.2) is 53.4 Å². The van der Waals surface area contributed by atoms with Crippen LogP contribution >= 0.6 is 0 Å². The molecule has 7 heteroatoms. The molecular weight excluding hydrogens is 362 g/mol. The number of hydrogen-bond acceptors (Lipinski definition) is 4. The molecule has 0 aliphatic rings. The molecule has 3 aromatic rings. The number of aromatic nitrogens is 2. The van der Waals surface area contributed by atoms with Crippen LogP contribution in [0, 0.1) is 20.8 Å². The second-order valence-electron chi connectivity index (χ2n) is 6.31. The Bertz CT molecular complexity index is 1040. The summed E-state index contributed by atoms with van der Waals surface area (Å²) in [6, 6.07) is 14.6. The fourth-order valence-corrected chi connectivity index (χ4v) is 4.40. The number of nitrogens with zero attached hydrogens (tertiary/aromatic N) is 2. The predicted octanol–water partition coefficient (Wildman–Crippen LogP) is 4.00. The molecule has 0 spiro atoms. The smallest absolute Gasteiger partial charge is 0.265 e. The SMILES string of the molecule is CCOc1ccc(NS(=O)(=O)c2c(C)nn(-c3ccc(C)cc3)c2C)cc1. The Morgan fingerprint density at radius 3 is 2.22 bits per heavy atom. The monoisotopic (exact) mass is 385 g/mol. The molecular formula is C20H23N3O3S. The average molecular weight is 385 g/mol. The molecule has 27 heavy (non-hydrogen) atoms. The standard InChI is InChI=1S/C20H23N3O3S/c1-5-26-19-12-8-17(9-13-19)22-27(24,25)20-15(3)21-23(16(20)4)18-10-6-14(2)7-11-18/h6-13,22H,5H2,1-4H3. The molecule has 0 unspecified atom stereocenters. The first-order valence-corrected chi connectivity index (χ1v) is 10.2. The molecule has 1 heterocycles. The van der Waals surface area contributed by atoms with E-state index in [2.05, 4.69) is 9.82 Å².